The number of allylic oxidation sites excluding steroid dienone is 2. The molecule has 0 fully saturated rings. The number of hydrogen-bond donors (Lipinski definition) is 0. The quantitative estimate of drug-likeness (QED) is 0.714. The van der Waals surface area contributed by atoms with Crippen molar-refractivity contribution in [3.05, 3.63) is 78.4 Å². The van der Waals surface area contributed by atoms with Gasteiger partial charge in [0.2, 0.25) is 0 Å². The van der Waals surface area contributed by atoms with Crippen LogP contribution in [0.1, 0.15) is 11.1 Å². The fourth-order valence-electron chi connectivity index (χ4n) is 1.66. The van der Waals surface area contributed by atoms with Crippen LogP contribution in [-0.4, -0.2) is 7.11 Å². The molecule has 0 atom stereocenters. The van der Waals surface area contributed by atoms with Crippen molar-refractivity contribution >= 4 is 11.6 Å². The van der Waals surface area contributed by atoms with E-state index in [1.807, 2.05) is 48.5 Å². The summed E-state index contributed by atoms with van der Waals surface area (Å²) >= 11 is 0. The second kappa shape index (κ2) is 5.87. The Morgan fingerprint density at radius 1 is 1.00 bits per heavy atom. The van der Waals surface area contributed by atoms with E-state index in [0.29, 0.717) is 0 Å². The summed E-state index contributed by atoms with van der Waals surface area (Å²) in [6.07, 6.45) is 4.08. The Labute approximate surface area is 108 Å². The first kappa shape index (κ1) is 12.2. The summed E-state index contributed by atoms with van der Waals surface area (Å²) in [4.78, 5) is 0. The highest BCUT2D eigenvalue weighted by atomic mass is 16.5. The van der Waals surface area contributed by atoms with Crippen LogP contribution in [0.15, 0.2) is 67.3 Å². The second-order valence-electron chi connectivity index (χ2n) is 4.00. The molecule has 90 valence electrons. The molecule has 0 spiro atoms. The van der Waals surface area contributed by atoms with Crippen LogP contribution < -0.4 is 4.74 Å². The van der Waals surface area contributed by atoms with Crippen molar-refractivity contribution in [1.29, 1.82) is 0 Å². The van der Waals surface area contributed by atoms with Crippen molar-refractivity contribution < 1.29 is 4.74 Å². The average molecular weight is 236 g/mol. The smallest absolute Gasteiger partial charge is 0.118 e. The average Bonchev–Trinajstić information content (AvgIpc) is 2.46. The molecule has 18 heavy (non-hydrogen) atoms. The molecule has 1 nitrogen and oxygen atoms in total. The lowest BCUT2D eigenvalue weighted by Crippen LogP contribution is -1.81. The van der Waals surface area contributed by atoms with E-state index in [1.165, 1.54) is 0 Å². The lowest BCUT2D eigenvalue weighted by atomic mass is 10.1. The Hall–Kier alpha value is -2.28. The molecule has 0 aliphatic carbocycles. The number of hydrogen-bond acceptors (Lipinski definition) is 1. The summed E-state index contributed by atoms with van der Waals surface area (Å²) < 4.78 is 5.12. The van der Waals surface area contributed by atoms with Crippen LogP contribution >= 0.6 is 0 Å². The molecular weight excluding hydrogens is 220 g/mol. The van der Waals surface area contributed by atoms with E-state index in [4.69, 9.17) is 4.74 Å². The second-order valence-corrected chi connectivity index (χ2v) is 4.00. The molecule has 2 rings (SSSR count). The van der Waals surface area contributed by atoms with Crippen LogP contribution in [0, 0.1) is 0 Å². The molecule has 0 unspecified atom stereocenters. The Bertz CT molecular complexity index is 536. The van der Waals surface area contributed by atoms with E-state index in [9.17, 15) is 0 Å². The summed E-state index contributed by atoms with van der Waals surface area (Å²) in [6, 6.07) is 18.1. The summed E-state index contributed by atoms with van der Waals surface area (Å²) in [6.45, 7) is 4.06. The Morgan fingerprint density at radius 3 is 2.28 bits per heavy atom. The third-order valence-electron chi connectivity index (χ3n) is 2.74. The van der Waals surface area contributed by atoms with Gasteiger partial charge in [0.1, 0.15) is 5.75 Å². The first-order chi connectivity index (χ1) is 8.79. The summed E-state index contributed by atoms with van der Waals surface area (Å²) in [5, 5.41) is 0. The minimum atomic E-state index is 0.869. The van der Waals surface area contributed by atoms with E-state index >= 15 is 0 Å². The van der Waals surface area contributed by atoms with Crippen molar-refractivity contribution in [3.63, 3.8) is 0 Å². The van der Waals surface area contributed by atoms with Crippen LogP contribution in [0.2, 0.25) is 0 Å². The molecular formula is C17H16O. The molecule has 0 bridgehead atoms. The van der Waals surface area contributed by atoms with Gasteiger partial charge in [0, 0.05) is 0 Å². The van der Waals surface area contributed by atoms with Gasteiger partial charge in [0.05, 0.1) is 7.11 Å². The predicted molar refractivity (Wildman–Crippen MR) is 77.5 cm³/mol. The lowest BCUT2D eigenvalue weighted by molar-refractivity contribution is 0.415. The van der Waals surface area contributed by atoms with Gasteiger partial charge in [-0.3, -0.25) is 0 Å². The first-order valence-electron chi connectivity index (χ1n) is 5.86. The third kappa shape index (κ3) is 3.11. The lowest BCUT2D eigenvalue weighted by Gasteiger charge is -2.01. The maximum atomic E-state index is 5.12. The molecule has 2 aromatic rings. The zero-order chi connectivity index (χ0) is 12.8. The minimum absolute atomic E-state index is 0.869. The van der Waals surface area contributed by atoms with Gasteiger partial charge in [-0.2, -0.15) is 0 Å². The Balaban J connectivity index is 2.08. The maximum Gasteiger partial charge on any atom is 0.118 e. The monoisotopic (exact) mass is 236 g/mol. The predicted octanol–water partition coefficient (Wildman–Crippen LogP) is 4.42. The zero-order valence-electron chi connectivity index (χ0n) is 10.5. The largest absolute Gasteiger partial charge is 0.497 e. The summed E-state index contributed by atoms with van der Waals surface area (Å²) in [7, 11) is 1.67. The molecule has 0 heterocycles. The van der Waals surface area contributed by atoms with Crippen LogP contribution in [0.5, 0.6) is 5.75 Å². The number of ether oxygens (including phenoxy) is 1. The molecule has 1 heteroatoms. The molecule has 0 aromatic heterocycles. The highest BCUT2D eigenvalue weighted by Gasteiger charge is 1.93. The van der Waals surface area contributed by atoms with Gasteiger partial charge in [-0.05, 0) is 28.8 Å². The third-order valence-corrected chi connectivity index (χ3v) is 2.74. The number of rotatable bonds is 4. The molecule has 0 N–H and O–H groups in total. The van der Waals surface area contributed by atoms with Crippen molar-refractivity contribution in [2.24, 2.45) is 0 Å². The van der Waals surface area contributed by atoms with Gasteiger partial charge in [-0.25, -0.2) is 0 Å². The van der Waals surface area contributed by atoms with E-state index in [-0.39, 0.29) is 0 Å². The van der Waals surface area contributed by atoms with Gasteiger partial charge < -0.3 is 4.74 Å². The van der Waals surface area contributed by atoms with Gasteiger partial charge in [0.15, 0.2) is 0 Å². The normalized spacial score (nSPS) is 10.5. The van der Waals surface area contributed by atoms with Gasteiger partial charge >= 0.3 is 0 Å². The fraction of sp³-hybridized carbons (Fsp3) is 0.0588. The molecule has 2 aromatic carbocycles. The van der Waals surface area contributed by atoms with E-state index < -0.39 is 0 Å². The minimum Gasteiger partial charge on any atom is -0.497 e. The van der Waals surface area contributed by atoms with Crippen molar-refractivity contribution in [2.45, 2.75) is 0 Å². The SMILES string of the molecule is C=C(/C=C/c1ccc(OC)cc1)c1ccccc1. The van der Waals surface area contributed by atoms with Crippen molar-refractivity contribution in [2.75, 3.05) is 7.11 Å². The Kier molecular flexibility index (Phi) is 3.98. The number of benzene rings is 2. The van der Waals surface area contributed by atoms with Gasteiger partial charge in [-0.15, -0.1) is 0 Å². The van der Waals surface area contributed by atoms with E-state index in [1.54, 1.807) is 7.11 Å². The van der Waals surface area contributed by atoms with Crippen LogP contribution in [0.3, 0.4) is 0 Å². The molecule has 0 amide bonds. The summed E-state index contributed by atoms with van der Waals surface area (Å²) in [5.41, 5.74) is 3.28. The highest BCUT2D eigenvalue weighted by Crippen LogP contribution is 2.16. The fourth-order valence-corrected chi connectivity index (χ4v) is 1.66. The first-order valence-corrected chi connectivity index (χ1v) is 5.86. The van der Waals surface area contributed by atoms with E-state index in [0.717, 1.165) is 22.4 Å². The topological polar surface area (TPSA) is 9.23 Å². The van der Waals surface area contributed by atoms with Crippen LogP contribution in [-0.2, 0) is 0 Å². The molecule has 0 saturated carbocycles. The van der Waals surface area contributed by atoms with E-state index in [2.05, 4.69) is 24.8 Å². The molecule has 0 radical (unpaired) electrons. The molecule has 0 aliphatic heterocycles. The summed E-state index contributed by atoms with van der Waals surface area (Å²) in [5.74, 6) is 0.869. The standard InChI is InChI=1S/C17H16O/c1-14(16-6-4-3-5-7-16)8-9-15-10-12-17(18-2)13-11-15/h3-13H,1H2,2H3/b9-8+. The molecule has 0 saturated heterocycles. The van der Waals surface area contributed by atoms with Crippen molar-refractivity contribution in [3.8, 4) is 5.75 Å². The zero-order valence-corrected chi connectivity index (χ0v) is 10.5. The highest BCUT2D eigenvalue weighted by molar-refractivity contribution is 5.77. The number of methoxy groups -OCH3 is 1. The van der Waals surface area contributed by atoms with Gasteiger partial charge in [0.25, 0.3) is 0 Å². The van der Waals surface area contributed by atoms with Crippen LogP contribution in [0.25, 0.3) is 11.6 Å². The van der Waals surface area contributed by atoms with Gasteiger partial charge in [-0.1, -0.05) is 61.2 Å². The van der Waals surface area contributed by atoms with Crippen LogP contribution in [0.4, 0.5) is 0 Å². The maximum absolute atomic E-state index is 5.12. The Morgan fingerprint density at radius 2 is 1.67 bits per heavy atom. The van der Waals surface area contributed by atoms with Crippen molar-refractivity contribution in [1.82, 2.24) is 0 Å². The molecule has 0 aliphatic rings.